The van der Waals surface area contributed by atoms with Gasteiger partial charge in [-0.15, -0.1) is 0 Å². The highest BCUT2D eigenvalue weighted by Gasteiger charge is 2.24. The molecule has 0 bridgehead atoms. The van der Waals surface area contributed by atoms with E-state index in [2.05, 4.69) is 38.0 Å². The molecule has 1 unspecified atom stereocenters. The molecule has 1 saturated heterocycles. The van der Waals surface area contributed by atoms with E-state index in [-0.39, 0.29) is 5.54 Å². The van der Waals surface area contributed by atoms with Gasteiger partial charge in [0, 0.05) is 18.1 Å². The fraction of sp³-hybridized carbons (Fsp3) is 1.00. The van der Waals surface area contributed by atoms with E-state index < -0.39 is 0 Å². The van der Waals surface area contributed by atoms with Crippen LogP contribution < -0.4 is 5.32 Å². The van der Waals surface area contributed by atoms with Crippen molar-refractivity contribution < 1.29 is 0 Å². The van der Waals surface area contributed by atoms with E-state index in [1.165, 1.54) is 13.0 Å². The summed E-state index contributed by atoms with van der Waals surface area (Å²) in [6.45, 7) is 9.17. The third-order valence-corrected chi connectivity index (χ3v) is 2.25. The van der Waals surface area contributed by atoms with E-state index in [1.807, 2.05) is 0 Å². The maximum atomic E-state index is 3.61. The average Bonchev–Trinajstić information content (AvgIpc) is 1.89. The van der Waals surface area contributed by atoms with Crippen molar-refractivity contribution in [1.82, 2.24) is 10.2 Å². The smallest absolute Gasteiger partial charge is 0.0254 e. The standard InChI is InChI=1S/C9H20N2/c1-8-5-6-11(4)7-9(2,3)10-8/h8,10H,5-7H2,1-4H3. The first kappa shape index (κ1) is 9.01. The molecular formula is C9H20N2. The van der Waals surface area contributed by atoms with E-state index >= 15 is 0 Å². The number of nitrogens with zero attached hydrogens (tertiary/aromatic N) is 1. The predicted molar refractivity (Wildman–Crippen MR) is 48.8 cm³/mol. The topological polar surface area (TPSA) is 15.3 Å². The molecule has 1 heterocycles. The molecule has 0 aliphatic carbocycles. The summed E-state index contributed by atoms with van der Waals surface area (Å²) >= 11 is 0. The molecule has 0 amide bonds. The molecule has 0 aromatic carbocycles. The molecule has 0 radical (unpaired) electrons. The molecule has 11 heavy (non-hydrogen) atoms. The Morgan fingerprint density at radius 1 is 1.45 bits per heavy atom. The maximum Gasteiger partial charge on any atom is 0.0254 e. The molecule has 1 N–H and O–H groups in total. The molecule has 1 fully saturated rings. The van der Waals surface area contributed by atoms with E-state index in [0.717, 1.165) is 6.54 Å². The molecule has 0 saturated carbocycles. The number of nitrogens with one attached hydrogen (secondary N) is 1. The molecular weight excluding hydrogens is 136 g/mol. The van der Waals surface area contributed by atoms with Crippen molar-refractivity contribution in [2.24, 2.45) is 0 Å². The first-order valence-electron chi connectivity index (χ1n) is 4.46. The summed E-state index contributed by atoms with van der Waals surface area (Å²) in [5, 5.41) is 3.61. The minimum atomic E-state index is 0.282. The monoisotopic (exact) mass is 156 g/mol. The van der Waals surface area contributed by atoms with Crippen LogP contribution in [-0.2, 0) is 0 Å². The zero-order valence-corrected chi connectivity index (χ0v) is 8.15. The molecule has 1 atom stereocenters. The highest BCUT2D eigenvalue weighted by Crippen LogP contribution is 2.11. The van der Waals surface area contributed by atoms with Crippen molar-refractivity contribution in [2.45, 2.75) is 38.8 Å². The van der Waals surface area contributed by atoms with Crippen LogP contribution in [0.25, 0.3) is 0 Å². The summed E-state index contributed by atoms with van der Waals surface area (Å²) in [6.07, 6.45) is 1.26. The van der Waals surface area contributed by atoms with Gasteiger partial charge in [-0.2, -0.15) is 0 Å². The summed E-state index contributed by atoms with van der Waals surface area (Å²) in [6, 6.07) is 0.662. The highest BCUT2D eigenvalue weighted by atomic mass is 15.2. The van der Waals surface area contributed by atoms with E-state index in [9.17, 15) is 0 Å². The van der Waals surface area contributed by atoms with Crippen molar-refractivity contribution in [3.05, 3.63) is 0 Å². The molecule has 0 spiro atoms. The van der Waals surface area contributed by atoms with Crippen LogP contribution in [0.1, 0.15) is 27.2 Å². The van der Waals surface area contributed by atoms with Gasteiger partial charge in [0.1, 0.15) is 0 Å². The Hall–Kier alpha value is -0.0800. The van der Waals surface area contributed by atoms with Crippen molar-refractivity contribution in [3.63, 3.8) is 0 Å². The van der Waals surface area contributed by atoms with Gasteiger partial charge in [-0.05, 0) is 40.8 Å². The first-order chi connectivity index (χ1) is 4.99. The Bertz CT molecular complexity index is 118. The zero-order chi connectivity index (χ0) is 8.48. The third kappa shape index (κ3) is 2.80. The number of rotatable bonds is 0. The first-order valence-corrected chi connectivity index (χ1v) is 4.46. The van der Waals surface area contributed by atoms with Gasteiger partial charge in [-0.1, -0.05) is 0 Å². The van der Waals surface area contributed by atoms with Crippen LogP contribution >= 0.6 is 0 Å². The van der Waals surface area contributed by atoms with Gasteiger partial charge in [0.05, 0.1) is 0 Å². The van der Waals surface area contributed by atoms with Crippen LogP contribution in [0.2, 0.25) is 0 Å². The van der Waals surface area contributed by atoms with Gasteiger partial charge < -0.3 is 10.2 Å². The Balaban J connectivity index is 2.55. The van der Waals surface area contributed by atoms with Gasteiger partial charge in [0.2, 0.25) is 0 Å². The van der Waals surface area contributed by atoms with Crippen LogP contribution in [0.5, 0.6) is 0 Å². The Kier molecular flexibility index (Phi) is 2.55. The maximum absolute atomic E-state index is 3.61. The second-order valence-corrected chi connectivity index (χ2v) is 4.46. The number of hydrogen-bond acceptors (Lipinski definition) is 2. The zero-order valence-electron chi connectivity index (χ0n) is 8.15. The SMILES string of the molecule is CC1CCN(C)CC(C)(C)N1. The molecule has 66 valence electrons. The summed E-state index contributed by atoms with van der Waals surface area (Å²) in [7, 11) is 2.20. The molecule has 1 aliphatic rings. The average molecular weight is 156 g/mol. The van der Waals surface area contributed by atoms with Gasteiger partial charge in [0.25, 0.3) is 0 Å². The predicted octanol–water partition coefficient (Wildman–Crippen LogP) is 1.08. The van der Waals surface area contributed by atoms with Crippen molar-refractivity contribution in [1.29, 1.82) is 0 Å². The lowest BCUT2D eigenvalue weighted by atomic mass is 10.1. The fourth-order valence-electron chi connectivity index (χ4n) is 1.95. The lowest BCUT2D eigenvalue weighted by Crippen LogP contribution is -2.48. The van der Waals surface area contributed by atoms with Crippen molar-refractivity contribution >= 4 is 0 Å². The quantitative estimate of drug-likeness (QED) is 0.564. The van der Waals surface area contributed by atoms with Gasteiger partial charge in [-0.25, -0.2) is 0 Å². The van der Waals surface area contributed by atoms with Crippen LogP contribution in [0, 0.1) is 0 Å². The van der Waals surface area contributed by atoms with E-state index in [1.54, 1.807) is 0 Å². The lowest BCUT2D eigenvalue weighted by Gasteiger charge is -2.29. The van der Waals surface area contributed by atoms with Gasteiger partial charge >= 0.3 is 0 Å². The Morgan fingerprint density at radius 2 is 2.09 bits per heavy atom. The van der Waals surface area contributed by atoms with Gasteiger partial charge in [-0.3, -0.25) is 0 Å². The number of likely N-dealkylation sites (N-methyl/N-ethyl adjacent to an activating group) is 1. The molecule has 1 aliphatic heterocycles. The molecule has 1 rings (SSSR count). The fourth-order valence-corrected chi connectivity index (χ4v) is 1.95. The van der Waals surface area contributed by atoms with Crippen molar-refractivity contribution in [3.8, 4) is 0 Å². The van der Waals surface area contributed by atoms with Crippen LogP contribution in [0.4, 0.5) is 0 Å². The lowest BCUT2D eigenvalue weighted by molar-refractivity contribution is 0.269. The highest BCUT2D eigenvalue weighted by molar-refractivity contribution is 4.86. The second-order valence-electron chi connectivity index (χ2n) is 4.46. The molecule has 2 heteroatoms. The minimum Gasteiger partial charge on any atom is -0.308 e. The summed E-state index contributed by atoms with van der Waals surface area (Å²) in [5.41, 5.74) is 0.282. The third-order valence-electron chi connectivity index (χ3n) is 2.25. The van der Waals surface area contributed by atoms with Crippen LogP contribution in [0.15, 0.2) is 0 Å². The minimum absolute atomic E-state index is 0.282. The van der Waals surface area contributed by atoms with E-state index in [4.69, 9.17) is 0 Å². The number of hydrogen-bond donors (Lipinski definition) is 1. The normalized spacial score (nSPS) is 33.3. The van der Waals surface area contributed by atoms with Crippen LogP contribution in [-0.4, -0.2) is 36.6 Å². The van der Waals surface area contributed by atoms with Crippen LogP contribution in [0.3, 0.4) is 0 Å². The largest absolute Gasteiger partial charge is 0.308 e. The molecule has 0 aromatic rings. The summed E-state index contributed by atoms with van der Waals surface area (Å²) in [4.78, 5) is 2.40. The Morgan fingerprint density at radius 3 is 2.73 bits per heavy atom. The molecule has 0 aromatic heterocycles. The second kappa shape index (κ2) is 3.11. The van der Waals surface area contributed by atoms with E-state index in [0.29, 0.717) is 6.04 Å². The molecule has 2 nitrogen and oxygen atoms in total. The summed E-state index contributed by atoms with van der Waals surface area (Å²) in [5.74, 6) is 0. The Labute approximate surface area is 70.0 Å². The van der Waals surface area contributed by atoms with Gasteiger partial charge in [0.15, 0.2) is 0 Å². The summed E-state index contributed by atoms with van der Waals surface area (Å²) < 4.78 is 0. The van der Waals surface area contributed by atoms with Crippen molar-refractivity contribution in [2.75, 3.05) is 20.1 Å².